The van der Waals surface area contributed by atoms with Crippen LogP contribution in [0.5, 0.6) is 0 Å². The first-order chi connectivity index (χ1) is 9.30. The van der Waals surface area contributed by atoms with Crippen LogP contribution in [0.4, 0.5) is 0 Å². The van der Waals surface area contributed by atoms with Crippen molar-refractivity contribution in [3.8, 4) is 0 Å². The van der Waals surface area contributed by atoms with Crippen LogP contribution in [-0.4, -0.2) is 61.4 Å². The number of thiophene rings is 1. The summed E-state index contributed by atoms with van der Waals surface area (Å²) in [6, 6.07) is 3.00. The van der Waals surface area contributed by atoms with Crippen molar-refractivity contribution in [3.05, 3.63) is 17.0 Å². The smallest absolute Gasteiger partial charge is 0.308 e. The van der Waals surface area contributed by atoms with E-state index in [-0.39, 0.29) is 16.7 Å². The predicted octanol–water partition coefficient (Wildman–Crippen LogP) is 0.700. The molecule has 1 N–H and O–H groups in total. The van der Waals surface area contributed by atoms with Gasteiger partial charge in [-0.2, -0.15) is 4.31 Å². The molecule has 0 bridgehead atoms. The minimum Gasteiger partial charge on any atom is -0.481 e. The summed E-state index contributed by atoms with van der Waals surface area (Å²) in [5.74, 6) is -0.955. The normalized spacial score (nSPS) is 22.0. The van der Waals surface area contributed by atoms with Crippen molar-refractivity contribution < 1.29 is 18.3 Å². The number of hydrogen-bond donors (Lipinski definition) is 1. The molecule has 1 unspecified atom stereocenters. The Hall–Kier alpha value is -0.960. The van der Waals surface area contributed by atoms with Crippen LogP contribution in [0.1, 0.15) is 11.8 Å². The molecule has 1 aromatic rings. The van der Waals surface area contributed by atoms with Gasteiger partial charge in [-0.05, 0) is 26.1 Å². The Bertz CT molecular complexity index is 596. The lowest BCUT2D eigenvalue weighted by molar-refractivity contribution is -0.136. The molecule has 2 rings (SSSR count). The molecule has 0 spiro atoms. The molecular formula is C12H18N2O4S2. The van der Waals surface area contributed by atoms with E-state index < -0.39 is 16.0 Å². The van der Waals surface area contributed by atoms with E-state index in [9.17, 15) is 13.2 Å². The number of carboxylic acids is 1. The zero-order chi connectivity index (χ0) is 14.9. The SMILES string of the molecule is CC1CN(C)CCN1S(=O)(=O)c1ccc(CC(=O)O)s1. The van der Waals surface area contributed by atoms with Gasteiger partial charge in [0, 0.05) is 30.6 Å². The van der Waals surface area contributed by atoms with Gasteiger partial charge in [0.05, 0.1) is 6.42 Å². The first-order valence-electron chi connectivity index (χ1n) is 6.31. The van der Waals surface area contributed by atoms with Crippen LogP contribution in [0.3, 0.4) is 0 Å². The summed E-state index contributed by atoms with van der Waals surface area (Å²) in [6.45, 7) is 3.76. The number of aliphatic carboxylic acids is 1. The zero-order valence-corrected chi connectivity index (χ0v) is 13.1. The van der Waals surface area contributed by atoms with E-state index >= 15 is 0 Å². The fraction of sp³-hybridized carbons (Fsp3) is 0.583. The Labute approximate surface area is 122 Å². The molecule has 1 fully saturated rings. The Balaban J connectivity index is 2.21. The van der Waals surface area contributed by atoms with Gasteiger partial charge in [0.15, 0.2) is 0 Å². The molecule has 1 atom stereocenters. The molecule has 8 heteroatoms. The van der Waals surface area contributed by atoms with Gasteiger partial charge >= 0.3 is 5.97 Å². The monoisotopic (exact) mass is 318 g/mol. The number of carboxylic acid groups (broad SMARTS) is 1. The lowest BCUT2D eigenvalue weighted by atomic mass is 10.2. The van der Waals surface area contributed by atoms with Gasteiger partial charge in [-0.15, -0.1) is 11.3 Å². The highest BCUT2D eigenvalue weighted by Gasteiger charge is 2.33. The van der Waals surface area contributed by atoms with Gasteiger partial charge in [-0.25, -0.2) is 8.42 Å². The van der Waals surface area contributed by atoms with Crippen molar-refractivity contribution in [1.29, 1.82) is 0 Å². The second kappa shape index (κ2) is 5.80. The average Bonchev–Trinajstić information content (AvgIpc) is 2.76. The van der Waals surface area contributed by atoms with Crippen molar-refractivity contribution >= 4 is 27.3 Å². The van der Waals surface area contributed by atoms with Crippen LogP contribution >= 0.6 is 11.3 Å². The highest BCUT2D eigenvalue weighted by molar-refractivity contribution is 7.91. The van der Waals surface area contributed by atoms with Crippen molar-refractivity contribution in [2.75, 3.05) is 26.7 Å². The molecule has 2 heterocycles. The standard InChI is InChI=1S/C12H18N2O4S2/c1-9-8-13(2)5-6-14(9)20(17,18)12-4-3-10(19-12)7-11(15)16/h3-4,9H,5-8H2,1-2H3,(H,15,16). The number of rotatable bonds is 4. The van der Waals surface area contributed by atoms with E-state index in [4.69, 9.17) is 5.11 Å². The summed E-state index contributed by atoms with van der Waals surface area (Å²) in [4.78, 5) is 13.3. The summed E-state index contributed by atoms with van der Waals surface area (Å²) >= 11 is 1.04. The molecule has 0 aromatic carbocycles. The Morgan fingerprint density at radius 3 is 2.75 bits per heavy atom. The zero-order valence-electron chi connectivity index (χ0n) is 11.4. The molecule has 112 valence electrons. The minimum absolute atomic E-state index is 0.0798. The molecule has 0 saturated carbocycles. The maximum absolute atomic E-state index is 12.6. The third-order valence-corrected chi connectivity index (χ3v) is 6.86. The van der Waals surface area contributed by atoms with Crippen LogP contribution in [0.25, 0.3) is 0 Å². The lowest BCUT2D eigenvalue weighted by Crippen LogP contribution is -2.52. The summed E-state index contributed by atoms with van der Waals surface area (Å²) in [5, 5.41) is 8.74. The number of piperazine rings is 1. The maximum atomic E-state index is 12.6. The summed E-state index contributed by atoms with van der Waals surface area (Å²) in [5.41, 5.74) is 0. The molecule has 1 aromatic heterocycles. The summed E-state index contributed by atoms with van der Waals surface area (Å²) in [7, 11) is -1.55. The molecule has 1 aliphatic rings. The largest absolute Gasteiger partial charge is 0.481 e. The summed E-state index contributed by atoms with van der Waals surface area (Å²) in [6.07, 6.45) is -0.140. The van der Waals surface area contributed by atoms with Crippen molar-refractivity contribution in [2.24, 2.45) is 0 Å². The first kappa shape index (κ1) is 15.4. The second-order valence-electron chi connectivity index (χ2n) is 5.02. The van der Waals surface area contributed by atoms with Crippen molar-refractivity contribution in [1.82, 2.24) is 9.21 Å². The van der Waals surface area contributed by atoms with Crippen molar-refractivity contribution in [3.63, 3.8) is 0 Å². The van der Waals surface area contributed by atoms with Crippen LogP contribution < -0.4 is 0 Å². The van der Waals surface area contributed by atoms with E-state index in [1.165, 1.54) is 10.4 Å². The Morgan fingerprint density at radius 2 is 2.15 bits per heavy atom. The topological polar surface area (TPSA) is 77.9 Å². The predicted molar refractivity (Wildman–Crippen MR) is 76.5 cm³/mol. The van der Waals surface area contributed by atoms with Gasteiger partial charge in [0.1, 0.15) is 4.21 Å². The molecule has 6 nitrogen and oxygen atoms in total. The number of carbonyl (C=O) groups is 1. The van der Waals surface area contributed by atoms with Crippen LogP contribution in [-0.2, 0) is 21.2 Å². The maximum Gasteiger partial charge on any atom is 0.308 e. The lowest BCUT2D eigenvalue weighted by Gasteiger charge is -2.36. The van der Waals surface area contributed by atoms with E-state index in [0.29, 0.717) is 24.5 Å². The van der Waals surface area contributed by atoms with Gasteiger partial charge < -0.3 is 10.0 Å². The van der Waals surface area contributed by atoms with E-state index in [2.05, 4.69) is 4.90 Å². The third-order valence-electron chi connectivity index (χ3n) is 3.30. The molecule has 20 heavy (non-hydrogen) atoms. The number of nitrogens with zero attached hydrogens (tertiary/aromatic N) is 2. The number of hydrogen-bond acceptors (Lipinski definition) is 5. The molecule has 1 saturated heterocycles. The number of likely N-dealkylation sites (N-methyl/N-ethyl adjacent to an activating group) is 1. The number of sulfonamides is 1. The van der Waals surface area contributed by atoms with Crippen LogP contribution in [0.15, 0.2) is 16.3 Å². The highest BCUT2D eigenvalue weighted by Crippen LogP contribution is 2.27. The molecule has 0 amide bonds. The molecule has 0 radical (unpaired) electrons. The van der Waals surface area contributed by atoms with Crippen molar-refractivity contribution in [2.45, 2.75) is 23.6 Å². The molecule has 0 aliphatic carbocycles. The first-order valence-corrected chi connectivity index (χ1v) is 8.57. The van der Waals surface area contributed by atoms with Crippen LogP contribution in [0, 0.1) is 0 Å². The van der Waals surface area contributed by atoms with Crippen LogP contribution in [0.2, 0.25) is 0 Å². The molecular weight excluding hydrogens is 300 g/mol. The van der Waals surface area contributed by atoms with E-state index in [1.807, 2.05) is 14.0 Å². The minimum atomic E-state index is -3.52. The fourth-order valence-corrected chi connectivity index (χ4v) is 5.43. The quantitative estimate of drug-likeness (QED) is 0.884. The summed E-state index contributed by atoms with van der Waals surface area (Å²) < 4.78 is 26.9. The van der Waals surface area contributed by atoms with Gasteiger partial charge in [0.2, 0.25) is 0 Å². The molecule has 1 aliphatic heterocycles. The second-order valence-corrected chi connectivity index (χ2v) is 8.30. The Kier molecular flexibility index (Phi) is 4.48. The average molecular weight is 318 g/mol. The van der Waals surface area contributed by atoms with Gasteiger partial charge in [0.25, 0.3) is 10.0 Å². The van der Waals surface area contributed by atoms with Gasteiger partial charge in [-0.3, -0.25) is 4.79 Å². The fourth-order valence-electron chi connectivity index (χ4n) is 2.34. The van der Waals surface area contributed by atoms with Gasteiger partial charge in [-0.1, -0.05) is 0 Å². The highest BCUT2D eigenvalue weighted by atomic mass is 32.2. The third kappa shape index (κ3) is 3.20. The van der Waals surface area contributed by atoms with E-state index in [1.54, 1.807) is 6.07 Å². The Morgan fingerprint density at radius 1 is 1.45 bits per heavy atom. The van der Waals surface area contributed by atoms with E-state index in [0.717, 1.165) is 11.3 Å².